The number of phenolic OH excluding ortho intramolecular Hbond substituents is 1. The van der Waals surface area contributed by atoms with Crippen molar-refractivity contribution in [1.29, 1.82) is 0 Å². The van der Waals surface area contributed by atoms with Crippen LogP contribution in [0.4, 0.5) is 17.1 Å². The molecule has 0 saturated heterocycles. The summed E-state index contributed by atoms with van der Waals surface area (Å²) < 4.78 is 0. The Morgan fingerprint density at radius 2 is 1.39 bits per heavy atom. The summed E-state index contributed by atoms with van der Waals surface area (Å²) in [5.74, 6) is -1.76. The molecule has 0 aliphatic heterocycles. The van der Waals surface area contributed by atoms with Gasteiger partial charge in [0.25, 0.3) is 17.1 Å². The van der Waals surface area contributed by atoms with Gasteiger partial charge >= 0.3 is 5.97 Å². The van der Waals surface area contributed by atoms with Gasteiger partial charge in [0.1, 0.15) is 5.75 Å². The molecule has 0 amide bonds. The van der Waals surface area contributed by atoms with Crippen LogP contribution in [0.2, 0.25) is 0 Å². The molecule has 3 aromatic rings. The van der Waals surface area contributed by atoms with E-state index in [9.17, 15) is 45.4 Å². The number of carbonyl (C=O) groups is 1. The number of rotatable bonds is 5. The molecule has 0 bridgehead atoms. The fourth-order valence-corrected chi connectivity index (χ4v) is 3.78. The lowest BCUT2D eigenvalue weighted by Crippen LogP contribution is -2.03. The maximum absolute atomic E-state index is 12.0. The van der Waals surface area contributed by atoms with Crippen molar-refractivity contribution in [2.75, 3.05) is 0 Å². The number of nitrogens with zero attached hydrogens (tertiary/aromatic N) is 3. The SMILES string of the molecule is O=C(O)c1cc([N+](=O)[O-])cc2c1-c1c(cc([N+](=O)[O-])cc1[N+](=O)[O-])/C2=C\c1ccccc1O. The van der Waals surface area contributed by atoms with E-state index in [0.29, 0.717) is 6.07 Å². The lowest BCUT2D eigenvalue weighted by Gasteiger charge is -2.07. The molecule has 12 nitrogen and oxygen atoms in total. The van der Waals surface area contributed by atoms with Crippen LogP contribution < -0.4 is 0 Å². The monoisotopic (exact) mass is 449 g/mol. The molecule has 1 aliphatic carbocycles. The summed E-state index contributed by atoms with van der Waals surface area (Å²) in [6.45, 7) is 0. The molecule has 0 radical (unpaired) electrons. The molecule has 0 unspecified atom stereocenters. The first kappa shape index (κ1) is 21.1. The summed E-state index contributed by atoms with van der Waals surface area (Å²) in [5, 5.41) is 54.5. The number of hydrogen-bond donors (Lipinski definition) is 2. The molecule has 4 rings (SSSR count). The zero-order valence-corrected chi connectivity index (χ0v) is 16.3. The molecule has 0 aromatic heterocycles. The second-order valence-corrected chi connectivity index (χ2v) is 7.00. The minimum absolute atomic E-state index is 0.0385. The number of benzene rings is 3. The smallest absolute Gasteiger partial charge is 0.336 e. The van der Waals surface area contributed by atoms with E-state index in [1.165, 1.54) is 24.3 Å². The lowest BCUT2D eigenvalue weighted by molar-refractivity contribution is -0.393. The average molecular weight is 449 g/mol. The molecule has 3 aromatic carbocycles. The average Bonchev–Trinajstić information content (AvgIpc) is 3.07. The molecule has 0 atom stereocenters. The number of aromatic carboxylic acids is 1. The predicted molar refractivity (Wildman–Crippen MR) is 114 cm³/mol. The Balaban J connectivity index is 2.21. The van der Waals surface area contributed by atoms with Gasteiger partial charge in [-0.15, -0.1) is 0 Å². The Bertz CT molecular complexity index is 1360. The fraction of sp³-hybridized carbons (Fsp3) is 0. The number of fused-ring (bicyclic) bond motifs is 3. The normalized spacial score (nSPS) is 12.8. The predicted octanol–water partition coefficient (Wildman–Crippen LogP) is 4.38. The number of aromatic hydroxyl groups is 1. The van der Waals surface area contributed by atoms with Crippen molar-refractivity contribution in [3.8, 4) is 16.9 Å². The van der Waals surface area contributed by atoms with Crippen LogP contribution in [0.1, 0.15) is 27.0 Å². The summed E-state index contributed by atoms with van der Waals surface area (Å²) in [5.41, 5.74) is -2.72. The molecule has 12 heteroatoms. The summed E-state index contributed by atoms with van der Waals surface area (Å²) in [6, 6.07) is 9.52. The van der Waals surface area contributed by atoms with Gasteiger partial charge < -0.3 is 10.2 Å². The highest BCUT2D eigenvalue weighted by Gasteiger charge is 2.38. The maximum Gasteiger partial charge on any atom is 0.336 e. The van der Waals surface area contributed by atoms with Crippen molar-refractivity contribution >= 4 is 34.7 Å². The first-order valence-corrected chi connectivity index (χ1v) is 9.13. The van der Waals surface area contributed by atoms with Gasteiger partial charge in [0.2, 0.25) is 0 Å². The van der Waals surface area contributed by atoms with Crippen LogP contribution in [0, 0.1) is 30.3 Å². The van der Waals surface area contributed by atoms with Crippen molar-refractivity contribution in [2.24, 2.45) is 0 Å². The van der Waals surface area contributed by atoms with Crippen LogP contribution in [-0.2, 0) is 0 Å². The van der Waals surface area contributed by atoms with E-state index in [-0.39, 0.29) is 39.1 Å². The summed E-state index contributed by atoms with van der Waals surface area (Å²) in [7, 11) is 0. The molecule has 164 valence electrons. The van der Waals surface area contributed by atoms with Crippen molar-refractivity contribution < 1.29 is 29.8 Å². The third-order valence-electron chi connectivity index (χ3n) is 5.14. The van der Waals surface area contributed by atoms with Crippen LogP contribution in [0.25, 0.3) is 22.8 Å². The van der Waals surface area contributed by atoms with Crippen molar-refractivity contribution in [1.82, 2.24) is 0 Å². The number of carboxylic acids is 1. The van der Waals surface area contributed by atoms with Crippen molar-refractivity contribution in [3.63, 3.8) is 0 Å². The van der Waals surface area contributed by atoms with Crippen molar-refractivity contribution in [2.45, 2.75) is 0 Å². The number of hydrogen-bond acceptors (Lipinski definition) is 8. The Kier molecular flexibility index (Phi) is 4.82. The summed E-state index contributed by atoms with van der Waals surface area (Å²) in [6.07, 6.45) is 1.34. The van der Waals surface area contributed by atoms with Gasteiger partial charge in [-0.2, -0.15) is 0 Å². The number of para-hydroxylation sites is 1. The maximum atomic E-state index is 12.0. The van der Waals surface area contributed by atoms with Crippen LogP contribution in [0.15, 0.2) is 48.5 Å². The quantitative estimate of drug-likeness (QED) is 0.329. The molecule has 2 N–H and O–H groups in total. The fourth-order valence-electron chi connectivity index (χ4n) is 3.78. The number of nitro groups is 3. The molecule has 0 saturated carbocycles. The van der Waals surface area contributed by atoms with E-state index in [2.05, 4.69) is 0 Å². The van der Waals surface area contributed by atoms with Crippen LogP contribution in [-0.4, -0.2) is 31.0 Å². The molecule has 33 heavy (non-hydrogen) atoms. The topological polar surface area (TPSA) is 187 Å². The van der Waals surface area contributed by atoms with E-state index in [1.54, 1.807) is 6.07 Å². The van der Waals surface area contributed by atoms with Gasteiger partial charge in [0.15, 0.2) is 0 Å². The van der Waals surface area contributed by atoms with Gasteiger partial charge in [0.05, 0.1) is 32.0 Å². The number of non-ortho nitro benzene ring substituents is 2. The first-order valence-electron chi connectivity index (χ1n) is 9.13. The number of phenols is 1. The van der Waals surface area contributed by atoms with Gasteiger partial charge in [-0.05, 0) is 23.3 Å². The Morgan fingerprint density at radius 3 is 1.94 bits per heavy atom. The van der Waals surface area contributed by atoms with Crippen LogP contribution >= 0.6 is 0 Å². The van der Waals surface area contributed by atoms with Crippen LogP contribution in [0.3, 0.4) is 0 Å². The number of nitro benzene ring substituents is 3. The Labute approximate surface area is 183 Å². The first-order chi connectivity index (χ1) is 15.6. The minimum atomic E-state index is -1.57. The second kappa shape index (κ2) is 7.53. The van der Waals surface area contributed by atoms with Gasteiger partial charge in [-0.3, -0.25) is 30.3 Å². The standard InChI is InChI=1S/C21H11N3O9/c25-18-4-2-1-3-10(18)5-13-14-6-11(22(28)29)8-16(21(26)27)19(14)20-15(13)7-12(23(30)31)9-17(20)24(32)33/h1-9,25H,(H,26,27)/b13-5-. The van der Waals surface area contributed by atoms with Gasteiger partial charge in [0, 0.05) is 34.9 Å². The van der Waals surface area contributed by atoms with E-state index >= 15 is 0 Å². The van der Waals surface area contributed by atoms with Crippen molar-refractivity contribution in [3.05, 3.63) is 101 Å². The molecular weight excluding hydrogens is 438 g/mol. The highest BCUT2D eigenvalue weighted by Crippen LogP contribution is 2.53. The summed E-state index contributed by atoms with van der Waals surface area (Å²) in [4.78, 5) is 44.1. The minimum Gasteiger partial charge on any atom is -0.507 e. The Hall–Kier alpha value is -5.13. The zero-order valence-electron chi connectivity index (χ0n) is 16.3. The van der Waals surface area contributed by atoms with E-state index in [0.717, 1.165) is 18.2 Å². The third-order valence-corrected chi connectivity index (χ3v) is 5.14. The molecular formula is C21H11N3O9. The molecule has 0 fully saturated rings. The van der Waals surface area contributed by atoms with E-state index < -0.39 is 43.4 Å². The third kappa shape index (κ3) is 3.40. The Morgan fingerprint density at radius 1 is 0.818 bits per heavy atom. The lowest BCUT2D eigenvalue weighted by atomic mass is 9.96. The highest BCUT2D eigenvalue weighted by atomic mass is 16.6. The zero-order chi connectivity index (χ0) is 24.0. The van der Waals surface area contributed by atoms with Gasteiger partial charge in [-0.25, -0.2) is 4.79 Å². The van der Waals surface area contributed by atoms with Gasteiger partial charge in [-0.1, -0.05) is 18.2 Å². The van der Waals surface area contributed by atoms with Crippen LogP contribution in [0.5, 0.6) is 5.75 Å². The highest BCUT2D eigenvalue weighted by molar-refractivity contribution is 6.15. The molecule has 1 aliphatic rings. The molecule has 0 heterocycles. The van der Waals surface area contributed by atoms with E-state index in [4.69, 9.17) is 0 Å². The largest absolute Gasteiger partial charge is 0.507 e. The second-order valence-electron chi connectivity index (χ2n) is 7.00. The summed E-state index contributed by atoms with van der Waals surface area (Å²) >= 11 is 0. The number of carboxylic acid groups (broad SMARTS) is 1. The molecule has 0 spiro atoms. The van der Waals surface area contributed by atoms with E-state index in [1.807, 2.05) is 0 Å².